The molecule has 0 saturated carbocycles. The average Bonchev–Trinajstić information content (AvgIpc) is 2.87. The van der Waals surface area contributed by atoms with Crippen LogP contribution in [0.1, 0.15) is 39.6 Å². The number of hydrogen-bond donors (Lipinski definition) is 0. The number of nitrogens with zero attached hydrogens (tertiary/aromatic N) is 2. The third kappa shape index (κ3) is 2.43. The van der Waals surface area contributed by atoms with E-state index in [4.69, 9.17) is 0 Å². The van der Waals surface area contributed by atoms with E-state index in [1.54, 1.807) is 29.2 Å². The Morgan fingerprint density at radius 2 is 1.60 bits per heavy atom. The van der Waals surface area contributed by atoms with Crippen LogP contribution in [0.5, 0.6) is 0 Å². The lowest BCUT2D eigenvalue weighted by Crippen LogP contribution is -2.48. The van der Waals surface area contributed by atoms with Crippen molar-refractivity contribution in [2.75, 3.05) is 11.4 Å². The van der Waals surface area contributed by atoms with Crippen LogP contribution < -0.4 is 4.90 Å². The van der Waals surface area contributed by atoms with Crippen LogP contribution in [0.25, 0.3) is 0 Å². The standard InChI is InChI=1S/C20H18N2O3/c1-13-10-11-14-6-2-5-9-17(14)22(13)18(23)12-21-19(24)15-7-3-4-8-16(15)20(21)25/h2-9,13H,10-12H2,1H3. The van der Waals surface area contributed by atoms with Gasteiger partial charge in [0.2, 0.25) is 5.91 Å². The van der Waals surface area contributed by atoms with Gasteiger partial charge in [0.1, 0.15) is 6.54 Å². The SMILES string of the molecule is CC1CCc2ccccc2N1C(=O)CN1C(=O)c2ccccc2C1=O. The Kier molecular flexibility index (Phi) is 3.64. The maximum absolute atomic E-state index is 12.9. The minimum absolute atomic E-state index is 0.0394. The largest absolute Gasteiger partial charge is 0.308 e. The minimum atomic E-state index is -0.396. The Labute approximate surface area is 145 Å². The van der Waals surface area contributed by atoms with Gasteiger partial charge in [-0.3, -0.25) is 19.3 Å². The lowest BCUT2D eigenvalue weighted by atomic mass is 9.96. The first-order chi connectivity index (χ1) is 12.1. The van der Waals surface area contributed by atoms with Crippen molar-refractivity contribution < 1.29 is 14.4 Å². The van der Waals surface area contributed by atoms with Crippen molar-refractivity contribution in [3.63, 3.8) is 0 Å². The zero-order chi connectivity index (χ0) is 17.6. The third-order valence-electron chi connectivity index (χ3n) is 4.96. The van der Waals surface area contributed by atoms with E-state index in [0.29, 0.717) is 11.1 Å². The van der Waals surface area contributed by atoms with Gasteiger partial charge in [-0.25, -0.2) is 0 Å². The molecular formula is C20H18N2O3. The first kappa shape index (κ1) is 15.6. The van der Waals surface area contributed by atoms with Crippen LogP contribution in [0.15, 0.2) is 48.5 Å². The van der Waals surface area contributed by atoms with E-state index in [1.165, 1.54) is 0 Å². The fraction of sp³-hybridized carbons (Fsp3) is 0.250. The summed E-state index contributed by atoms with van der Waals surface area (Å²) in [5, 5.41) is 0. The number of amides is 3. The van der Waals surface area contributed by atoms with E-state index in [1.807, 2.05) is 31.2 Å². The van der Waals surface area contributed by atoms with Crippen molar-refractivity contribution in [1.29, 1.82) is 0 Å². The summed E-state index contributed by atoms with van der Waals surface area (Å²) in [4.78, 5) is 40.7. The molecule has 0 fully saturated rings. The summed E-state index contributed by atoms with van der Waals surface area (Å²) >= 11 is 0. The highest BCUT2D eigenvalue weighted by Gasteiger charge is 2.38. The van der Waals surface area contributed by atoms with E-state index >= 15 is 0 Å². The Morgan fingerprint density at radius 1 is 1.00 bits per heavy atom. The fourth-order valence-corrected chi connectivity index (χ4v) is 3.66. The number of imide groups is 1. The van der Waals surface area contributed by atoms with Gasteiger partial charge in [-0.1, -0.05) is 30.3 Å². The molecule has 1 atom stereocenters. The van der Waals surface area contributed by atoms with E-state index in [9.17, 15) is 14.4 Å². The molecule has 126 valence electrons. The molecule has 0 aromatic heterocycles. The van der Waals surface area contributed by atoms with Crippen LogP contribution in [0.2, 0.25) is 0 Å². The molecule has 0 spiro atoms. The molecule has 5 nitrogen and oxygen atoms in total. The Morgan fingerprint density at radius 3 is 2.28 bits per heavy atom. The maximum Gasteiger partial charge on any atom is 0.262 e. The van der Waals surface area contributed by atoms with Crippen LogP contribution >= 0.6 is 0 Å². The van der Waals surface area contributed by atoms with Gasteiger partial charge in [0, 0.05) is 11.7 Å². The summed E-state index contributed by atoms with van der Waals surface area (Å²) in [6.45, 7) is 1.77. The first-order valence-electron chi connectivity index (χ1n) is 8.43. The number of para-hydroxylation sites is 1. The Balaban J connectivity index is 1.61. The number of carbonyl (C=O) groups excluding carboxylic acids is 3. The van der Waals surface area contributed by atoms with Crippen LogP contribution in [0, 0.1) is 0 Å². The Hall–Kier alpha value is -2.95. The topological polar surface area (TPSA) is 57.7 Å². The number of anilines is 1. The molecule has 2 aliphatic heterocycles. The third-order valence-corrected chi connectivity index (χ3v) is 4.96. The summed E-state index contributed by atoms with van der Waals surface area (Å²) < 4.78 is 0. The molecule has 1 unspecified atom stereocenters. The molecule has 0 aliphatic carbocycles. The second kappa shape index (κ2) is 5.84. The van der Waals surface area contributed by atoms with Gasteiger partial charge < -0.3 is 4.90 Å². The second-order valence-electron chi connectivity index (χ2n) is 6.52. The highest BCUT2D eigenvalue weighted by molar-refractivity contribution is 6.22. The van der Waals surface area contributed by atoms with E-state index in [2.05, 4.69) is 0 Å². The summed E-state index contributed by atoms with van der Waals surface area (Å²) in [5.41, 5.74) is 2.74. The fourth-order valence-electron chi connectivity index (χ4n) is 3.66. The molecule has 2 aliphatic rings. The number of benzene rings is 2. The van der Waals surface area contributed by atoms with E-state index in [0.717, 1.165) is 29.0 Å². The highest BCUT2D eigenvalue weighted by atomic mass is 16.2. The number of rotatable bonds is 2. The molecule has 0 bridgehead atoms. The quantitative estimate of drug-likeness (QED) is 0.794. The summed E-state index contributed by atoms with van der Waals surface area (Å²) in [7, 11) is 0. The van der Waals surface area contributed by atoms with Crippen LogP contribution in [-0.4, -0.2) is 35.2 Å². The zero-order valence-corrected chi connectivity index (χ0v) is 13.9. The van der Waals surface area contributed by atoms with Crippen LogP contribution in [0.4, 0.5) is 5.69 Å². The van der Waals surface area contributed by atoms with Crippen molar-refractivity contribution >= 4 is 23.4 Å². The smallest absolute Gasteiger partial charge is 0.262 e. The molecule has 2 heterocycles. The number of aryl methyl sites for hydroxylation is 1. The van der Waals surface area contributed by atoms with E-state index < -0.39 is 11.8 Å². The van der Waals surface area contributed by atoms with Crippen molar-refractivity contribution in [3.8, 4) is 0 Å². The molecule has 5 heteroatoms. The van der Waals surface area contributed by atoms with Crippen molar-refractivity contribution in [1.82, 2.24) is 4.90 Å². The number of fused-ring (bicyclic) bond motifs is 2. The van der Waals surface area contributed by atoms with Crippen molar-refractivity contribution in [3.05, 3.63) is 65.2 Å². The van der Waals surface area contributed by atoms with Gasteiger partial charge in [0.25, 0.3) is 11.8 Å². The van der Waals surface area contributed by atoms with Gasteiger partial charge >= 0.3 is 0 Å². The Bertz CT molecular complexity index is 855. The van der Waals surface area contributed by atoms with Gasteiger partial charge in [0.05, 0.1) is 11.1 Å². The second-order valence-corrected chi connectivity index (χ2v) is 6.52. The summed E-state index contributed by atoms with van der Waals surface area (Å²) in [5.74, 6) is -1.02. The zero-order valence-electron chi connectivity index (χ0n) is 13.9. The highest BCUT2D eigenvalue weighted by Crippen LogP contribution is 2.31. The van der Waals surface area contributed by atoms with Gasteiger partial charge in [-0.05, 0) is 43.5 Å². The molecule has 0 saturated heterocycles. The molecule has 2 aromatic rings. The molecular weight excluding hydrogens is 316 g/mol. The monoisotopic (exact) mass is 334 g/mol. The van der Waals surface area contributed by atoms with Crippen LogP contribution in [-0.2, 0) is 11.2 Å². The number of carbonyl (C=O) groups is 3. The molecule has 4 rings (SSSR count). The summed E-state index contributed by atoms with van der Waals surface area (Å²) in [6.07, 6.45) is 1.79. The normalized spacial score (nSPS) is 19.0. The van der Waals surface area contributed by atoms with Crippen molar-refractivity contribution in [2.45, 2.75) is 25.8 Å². The first-order valence-corrected chi connectivity index (χ1v) is 8.43. The van der Waals surface area contributed by atoms with E-state index in [-0.39, 0.29) is 18.5 Å². The minimum Gasteiger partial charge on any atom is -0.308 e. The predicted molar refractivity (Wildman–Crippen MR) is 93.5 cm³/mol. The average molecular weight is 334 g/mol. The van der Waals surface area contributed by atoms with Crippen molar-refractivity contribution in [2.24, 2.45) is 0 Å². The molecule has 0 N–H and O–H groups in total. The lowest BCUT2D eigenvalue weighted by Gasteiger charge is -2.36. The number of hydrogen-bond acceptors (Lipinski definition) is 3. The van der Waals surface area contributed by atoms with Gasteiger partial charge in [0.15, 0.2) is 0 Å². The predicted octanol–water partition coefficient (Wildman–Crippen LogP) is 2.65. The molecule has 0 radical (unpaired) electrons. The van der Waals surface area contributed by atoms with Gasteiger partial charge in [-0.2, -0.15) is 0 Å². The maximum atomic E-state index is 12.9. The summed E-state index contributed by atoms with van der Waals surface area (Å²) in [6, 6.07) is 14.5. The molecule has 3 amide bonds. The lowest BCUT2D eigenvalue weighted by molar-refractivity contribution is -0.119. The molecule has 2 aromatic carbocycles. The molecule has 25 heavy (non-hydrogen) atoms. The van der Waals surface area contributed by atoms with Crippen LogP contribution in [0.3, 0.4) is 0 Å². The van der Waals surface area contributed by atoms with Gasteiger partial charge in [-0.15, -0.1) is 0 Å².